The normalized spacial score (nSPS) is 14.7. The zero-order valence-electron chi connectivity index (χ0n) is 13.2. The number of morpholine rings is 1. The molecule has 0 radical (unpaired) electrons. The lowest BCUT2D eigenvalue weighted by Crippen LogP contribution is -2.36. The van der Waals surface area contributed by atoms with Gasteiger partial charge in [-0.15, -0.1) is 11.3 Å². The van der Waals surface area contributed by atoms with Crippen LogP contribution in [-0.4, -0.2) is 42.2 Å². The first-order valence-corrected chi connectivity index (χ1v) is 9.04. The number of nitrogens with zero attached hydrogens (tertiary/aromatic N) is 3. The highest BCUT2D eigenvalue weighted by Gasteiger charge is 2.19. The molecule has 1 N–H and O–H groups in total. The van der Waals surface area contributed by atoms with E-state index in [4.69, 9.17) is 16.3 Å². The molecule has 0 bridgehead atoms. The molecule has 1 saturated heterocycles. The van der Waals surface area contributed by atoms with Gasteiger partial charge in [-0.1, -0.05) is 11.6 Å². The average Bonchev–Trinajstić information content (AvgIpc) is 3.06. The Balaban J connectivity index is 1.68. The number of hydrogen-bond acceptors (Lipinski definition) is 6. The number of rotatable bonds is 3. The van der Waals surface area contributed by atoms with Crippen molar-refractivity contribution in [1.82, 2.24) is 9.97 Å². The molecule has 1 fully saturated rings. The van der Waals surface area contributed by atoms with Crippen molar-refractivity contribution < 1.29 is 9.53 Å². The van der Waals surface area contributed by atoms with Crippen LogP contribution in [0.25, 0.3) is 10.2 Å². The van der Waals surface area contributed by atoms with Gasteiger partial charge in [-0.3, -0.25) is 9.78 Å². The molecule has 6 nitrogen and oxygen atoms in total. The summed E-state index contributed by atoms with van der Waals surface area (Å²) in [4.78, 5) is 23.7. The number of pyridine rings is 2. The molecule has 1 aliphatic heterocycles. The molecular weight excluding hydrogens is 360 g/mol. The lowest BCUT2D eigenvalue weighted by atomic mass is 10.3. The van der Waals surface area contributed by atoms with Gasteiger partial charge in [-0.25, -0.2) is 4.98 Å². The summed E-state index contributed by atoms with van der Waals surface area (Å²) in [6, 6.07) is 7.14. The highest BCUT2D eigenvalue weighted by molar-refractivity contribution is 7.21. The van der Waals surface area contributed by atoms with E-state index in [-0.39, 0.29) is 5.91 Å². The summed E-state index contributed by atoms with van der Waals surface area (Å²) >= 11 is 7.61. The van der Waals surface area contributed by atoms with Gasteiger partial charge in [0.25, 0.3) is 5.91 Å². The van der Waals surface area contributed by atoms with Crippen LogP contribution >= 0.6 is 22.9 Å². The molecule has 25 heavy (non-hydrogen) atoms. The van der Waals surface area contributed by atoms with Gasteiger partial charge in [0.2, 0.25) is 0 Å². The van der Waals surface area contributed by atoms with Crippen molar-refractivity contribution >= 4 is 50.4 Å². The minimum absolute atomic E-state index is 0.168. The van der Waals surface area contributed by atoms with E-state index in [0.29, 0.717) is 28.9 Å². The molecule has 1 amide bonds. The summed E-state index contributed by atoms with van der Waals surface area (Å²) in [6.45, 7) is 2.96. The predicted octanol–water partition coefficient (Wildman–Crippen LogP) is 3.43. The minimum Gasteiger partial charge on any atom is -0.378 e. The molecule has 3 aromatic rings. The van der Waals surface area contributed by atoms with E-state index in [0.717, 1.165) is 29.0 Å². The maximum Gasteiger partial charge on any atom is 0.265 e. The van der Waals surface area contributed by atoms with Crippen LogP contribution in [0, 0.1) is 0 Å². The van der Waals surface area contributed by atoms with Crippen molar-refractivity contribution in [2.75, 3.05) is 36.5 Å². The average molecular weight is 375 g/mol. The van der Waals surface area contributed by atoms with Crippen LogP contribution in [0.1, 0.15) is 9.67 Å². The Kier molecular flexibility index (Phi) is 4.52. The molecule has 4 rings (SSSR count). The van der Waals surface area contributed by atoms with Gasteiger partial charge in [0.1, 0.15) is 5.15 Å². The highest BCUT2D eigenvalue weighted by Crippen LogP contribution is 2.35. The van der Waals surface area contributed by atoms with Crippen molar-refractivity contribution in [3.63, 3.8) is 0 Å². The molecule has 0 aromatic carbocycles. The third kappa shape index (κ3) is 3.44. The van der Waals surface area contributed by atoms with Gasteiger partial charge in [0.15, 0.2) is 0 Å². The topological polar surface area (TPSA) is 67.4 Å². The summed E-state index contributed by atoms with van der Waals surface area (Å²) in [5, 5.41) is 3.29. The number of aromatic nitrogens is 2. The first-order valence-electron chi connectivity index (χ1n) is 7.85. The molecule has 4 heterocycles. The van der Waals surface area contributed by atoms with Crippen molar-refractivity contribution in [2.45, 2.75) is 0 Å². The van der Waals surface area contributed by atoms with Crippen LogP contribution in [-0.2, 0) is 4.74 Å². The van der Waals surface area contributed by atoms with Gasteiger partial charge >= 0.3 is 0 Å². The summed E-state index contributed by atoms with van der Waals surface area (Å²) in [5.41, 5.74) is 2.45. The SMILES string of the molecule is O=C(Nc1ccncc1)c1cc2nc(Cl)cc(N3CCOCC3)c2s1. The fraction of sp³-hybridized carbons (Fsp3) is 0.235. The number of carbonyl (C=O) groups is 1. The highest BCUT2D eigenvalue weighted by atomic mass is 35.5. The molecule has 3 aromatic heterocycles. The maximum absolute atomic E-state index is 12.5. The summed E-state index contributed by atoms with van der Waals surface area (Å²) in [7, 11) is 0. The molecule has 0 spiro atoms. The Morgan fingerprint density at radius 3 is 2.76 bits per heavy atom. The summed E-state index contributed by atoms with van der Waals surface area (Å²) in [6.07, 6.45) is 3.27. The van der Waals surface area contributed by atoms with Crippen LogP contribution in [0.3, 0.4) is 0 Å². The van der Waals surface area contributed by atoms with E-state index in [2.05, 4.69) is 20.2 Å². The lowest BCUT2D eigenvalue weighted by Gasteiger charge is -2.29. The number of carbonyl (C=O) groups excluding carboxylic acids is 1. The number of fused-ring (bicyclic) bond motifs is 1. The third-order valence-corrected chi connectivity index (χ3v) is 5.28. The standard InChI is InChI=1S/C17H15ClN4O2S/c18-15-10-13(22-5-7-24-8-6-22)16-12(21-15)9-14(25-16)17(23)20-11-1-3-19-4-2-11/h1-4,9-10H,5-8H2,(H,19,20,23). The second-order valence-corrected chi connectivity index (χ2v) is 7.02. The van der Waals surface area contributed by atoms with Gasteiger partial charge in [-0.2, -0.15) is 0 Å². The van der Waals surface area contributed by atoms with Crippen LogP contribution in [0.2, 0.25) is 5.15 Å². The van der Waals surface area contributed by atoms with Gasteiger partial charge < -0.3 is 15.0 Å². The number of hydrogen-bond donors (Lipinski definition) is 1. The zero-order valence-corrected chi connectivity index (χ0v) is 14.8. The smallest absolute Gasteiger partial charge is 0.265 e. The van der Waals surface area contributed by atoms with Crippen molar-refractivity contribution in [2.24, 2.45) is 0 Å². The van der Waals surface area contributed by atoms with Gasteiger partial charge in [0.05, 0.1) is 34.0 Å². The first kappa shape index (κ1) is 16.3. The Labute approximate surface area is 153 Å². The van der Waals surface area contributed by atoms with E-state index in [1.165, 1.54) is 11.3 Å². The number of anilines is 2. The second kappa shape index (κ2) is 6.95. The van der Waals surface area contributed by atoms with Crippen molar-refractivity contribution in [3.05, 3.63) is 46.7 Å². The molecule has 0 unspecified atom stereocenters. The number of nitrogens with one attached hydrogen (secondary N) is 1. The monoisotopic (exact) mass is 374 g/mol. The summed E-state index contributed by atoms with van der Waals surface area (Å²) in [5.74, 6) is -0.168. The van der Waals surface area contributed by atoms with Crippen LogP contribution in [0.15, 0.2) is 36.7 Å². The fourth-order valence-corrected chi connectivity index (χ4v) is 3.98. The molecule has 1 aliphatic rings. The molecule has 8 heteroatoms. The first-order chi connectivity index (χ1) is 12.2. The van der Waals surface area contributed by atoms with E-state index >= 15 is 0 Å². The molecule has 0 atom stereocenters. The third-order valence-electron chi connectivity index (χ3n) is 3.94. The maximum atomic E-state index is 12.5. The molecule has 128 valence electrons. The zero-order chi connectivity index (χ0) is 17.2. The number of halogens is 1. The largest absolute Gasteiger partial charge is 0.378 e. The van der Waals surface area contributed by atoms with Crippen LogP contribution < -0.4 is 10.2 Å². The number of ether oxygens (including phenoxy) is 1. The van der Waals surface area contributed by atoms with Crippen LogP contribution in [0.5, 0.6) is 0 Å². The van der Waals surface area contributed by atoms with Crippen molar-refractivity contribution in [1.29, 1.82) is 0 Å². The van der Waals surface area contributed by atoms with E-state index < -0.39 is 0 Å². The quantitative estimate of drug-likeness (QED) is 0.711. The van der Waals surface area contributed by atoms with Crippen molar-refractivity contribution in [3.8, 4) is 0 Å². The number of amides is 1. The predicted molar refractivity (Wildman–Crippen MR) is 99.9 cm³/mol. The van der Waals surface area contributed by atoms with Crippen LogP contribution in [0.4, 0.5) is 11.4 Å². The lowest BCUT2D eigenvalue weighted by molar-refractivity contribution is 0.103. The Hall–Kier alpha value is -2.22. The molecule has 0 saturated carbocycles. The van der Waals surface area contributed by atoms with Gasteiger partial charge in [0, 0.05) is 37.2 Å². The molecular formula is C17H15ClN4O2S. The Bertz CT molecular complexity index is 910. The fourth-order valence-electron chi connectivity index (χ4n) is 2.75. The second-order valence-electron chi connectivity index (χ2n) is 5.58. The molecule has 0 aliphatic carbocycles. The minimum atomic E-state index is -0.168. The van der Waals surface area contributed by atoms with E-state index in [1.807, 2.05) is 6.07 Å². The van der Waals surface area contributed by atoms with E-state index in [9.17, 15) is 4.79 Å². The summed E-state index contributed by atoms with van der Waals surface area (Å²) < 4.78 is 6.38. The Morgan fingerprint density at radius 1 is 1.24 bits per heavy atom. The van der Waals surface area contributed by atoms with Gasteiger partial charge in [-0.05, 0) is 18.2 Å². The van der Waals surface area contributed by atoms with E-state index in [1.54, 1.807) is 30.6 Å². The Morgan fingerprint density at radius 2 is 2.00 bits per heavy atom. The number of thiophene rings is 1.